The average molecular weight is 292 g/mol. The normalized spacial score (nSPS) is 15.4. The first-order chi connectivity index (χ1) is 10.0. The lowest BCUT2D eigenvalue weighted by Gasteiger charge is -2.21. The maximum absolute atomic E-state index is 12.0. The van der Waals surface area contributed by atoms with E-state index < -0.39 is 6.10 Å². The van der Waals surface area contributed by atoms with Crippen LogP contribution in [-0.4, -0.2) is 42.8 Å². The van der Waals surface area contributed by atoms with E-state index in [9.17, 15) is 9.90 Å². The molecule has 0 aromatic heterocycles. The van der Waals surface area contributed by atoms with Gasteiger partial charge in [-0.1, -0.05) is 12.1 Å². The summed E-state index contributed by atoms with van der Waals surface area (Å²) in [6, 6.07) is 5.71. The number of ether oxygens (including phenoxy) is 1. The van der Waals surface area contributed by atoms with Crippen molar-refractivity contribution in [2.75, 3.05) is 20.7 Å². The van der Waals surface area contributed by atoms with E-state index in [2.05, 4.69) is 5.32 Å². The number of rotatable bonds is 6. The van der Waals surface area contributed by atoms with Gasteiger partial charge in [-0.05, 0) is 37.3 Å². The molecule has 0 bridgehead atoms. The standard InChI is InChI=1S/C16H24N2O3/c1-11-4-5-13(15(8-11)21-3)9-17-16(20)18(2)10-14(19)12-6-7-12/h4-5,8,12,14,19H,6-7,9-10H2,1-3H3,(H,17,20). The van der Waals surface area contributed by atoms with Crippen molar-refractivity contribution in [2.45, 2.75) is 32.4 Å². The van der Waals surface area contributed by atoms with E-state index in [0.29, 0.717) is 19.0 Å². The number of likely N-dealkylation sites (N-methyl/N-ethyl adjacent to an activating group) is 1. The van der Waals surface area contributed by atoms with Crippen LogP contribution in [0.1, 0.15) is 24.0 Å². The lowest BCUT2D eigenvalue weighted by Crippen LogP contribution is -2.41. The fourth-order valence-corrected chi connectivity index (χ4v) is 2.30. The number of hydrogen-bond acceptors (Lipinski definition) is 3. The van der Waals surface area contributed by atoms with E-state index in [1.54, 1.807) is 14.2 Å². The number of methoxy groups -OCH3 is 1. The van der Waals surface area contributed by atoms with E-state index in [-0.39, 0.29) is 6.03 Å². The van der Waals surface area contributed by atoms with Crippen LogP contribution in [-0.2, 0) is 6.54 Å². The molecule has 1 aromatic carbocycles. The van der Waals surface area contributed by atoms with Crippen molar-refractivity contribution in [1.29, 1.82) is 0 Å². The highest BCUT2D eigenvalue weighted by atomic mass is 16.5. The van der Waals surface area contributed by atoms with Gasteiger partial charge in [0.05, 0.1) is 13.2 Å². The molecule has 1 atom stereocenters. The molecule has 1 aliphatic rings. The van der Waals surface area contributed by atoms with Gasteiger partial charge in [0, 0.05) is 25.7 Å². The van der Waals surface area contributed by atoms with Crippen LogP contribution in [0.15, 0.2) is 18.2 Å². The van der Waals surface area contributed by atoms with E-state index in [1.165, 1.54) is 4.90 Å². The third-order valence-electron chi connectivity index (χ3n) is 3.85. The summed E-state index contributed by atoms with van der Waals surface area (Å²) in [4.78, 5) is 13.6. The third kappa shape index (κ3) is 4.36. The van der Waals surface area contributed by atoms with Crippen molar-refractivity contribution in [3.8, 4) is 5.75 Å². The first-order valence-corrected chi connectivity index (χ1v) is 7.31. The Hall–Kier alpha value is -1.75. The van der Waals surface area contributed by atoms with Gasteiger partial charge in [-0.25, -0.2) is 4.79 Å². The Kier molecular flexibility index (Phi) is 5.07. The molecule has 2 N–H and O–H groups in total. The molecular weight excluding hydrogens is 268 g/mol. The summed E-state index contributed by atoms with van der Waals surface area (Å²) >= 11 is 0. The van der Waals surface area contributed by atoms with Gasteiger partial charge in [-0.2, -0.15) is 0 Å². The Balaban J connectivity index is 1.85. The monoisotopic (exact) mass is 292 g/mol. The van der Waals surface area contributed by atoms with E-state index in [1.807, 2.05) is 25.1 Å². The van der Waals surface area contributed by atoms with Crippen molar-refractivity contribution < 1.29 is 14.6 Å². The minimum atomic E-state index is -0.408. The molecule has 1 aromatic rings. The number of amides is 2. The summed E-state index contributed by atoms with van der Waals surface area (Å²) in [5.74, 6) is 1.15. The number of aliphatic hydroxyl groups excluding tert-OH is 1. The number of urea groups is 1. The van der Waals surface area contributed by atoms with Crippen LogP contribution in [0.2, 0.25) is 0 Å². The van der Waals surface area contributed by atoms with Crippen molar-refractivity contribution in [2.24, 2.45) is 5.92 Å². The van der Waals surface area contributed by atoms with Gasteiger partial charge < -0.3 is 20.1 Å². The SMILES string of the molecule is COc1cc(C)ccc1CNC(=O)N(C)CC(O)C1CC1. The molecule has 0 aliphatic heterocycles. The second-order valence-electron chi connectivity index (χ2n) is 5.76. The molecule has 2 rings (SSSR count). The van der Waals surface area contributed by atoms with Crippen LogP contribution in [0.3, 0.4) is 0 Å². The molecule has 1 saturated carbocycles. The van der Waals surface area contributed by atoms with Crippen LogP contribution >= 0.6 is 0 Å². The number of carbonyl (C=O) groups is 1. The summed E-state index contributed by atoms with van der Waals surface area (Å²) < 4.78 is 5.32. The number of aliphatic hydroxyl groups is 1. The van der Waals surface area contributed by atoms with E-state index in [0.717, 1.165) is 29.7 Å². The molecule has 5 heteroatoms. The molecule has 1 aliphatic carbocycles. The number of hydrogen-bond donors (Lipinski definition) is 2. The summed E-state index contributed by atoms with van der Waals surface area (Å²) in [6.07, 6.45) is 1.73. The van der Waals surface area contributed by atoms with Crippen LogP contribution in [0.5, 0.6) is 5.75 Å². The summed E-state index contributed by atoms with van der Waals surface area (Å²) in [7, 11) is 3.32. The van der Waals surface area contributed by atoms with E-state index in [4.69, 9.17) is 4.74 Å². The maximum atomic E-state index is 12.0. The molecule has 0 heterocycles. The molecule has 21 heavy (non-hydrogen) atoms. The molecule has 5 nitrogen and oxygen atoms in total. The van der Waals surface area contributed by atoms with Gasteiger partial charge in [-0.3, -0.25) is 0 Å². The predicted octanol–water partition coefficient (Wildman–Crippen LogP) is 1.92. The lowest BCUT2D eigenvalue weighted by molar-refractivity contribution is 0.113. The van der Waals surface area contributed by atoms with Crippen molar-refractivity contribution in [1.82, 2.24) is 10.2 Å². The van der Waals surface area contributed by atoms with Crippen LogP contribution < -0.4 is 10.1 Å². The van der Waals surface area contributed by atoms with Gasteiger partial charge in [0.1, 0.15) is 5.75 Å². The van der Waals surface area contributed by atoms with Gasteiger partial charge in [-0.15, -0.1) is 0 Å². The average Bonchev–Trinajstić information content (AvgIpc) is 3.29. The predicted molar refractivity (Wildman–Crippen MR) is 81.3 cm³/mol. The summed E-state index contributed by atoms with van der Waals surface area (Å²) in [6.45, 7) is 2.78. The van der Waals surface area contributed by atoms with Crippen LogP contribution in [0.25, 0.3) is 0 Å². The molecule has 0 saturated heterocycles. The highest BCUT2D eigenvalue weighted by molar-refractivity contribution is 5.74. The van der Waals surface area contributed by atoms with Gasteiger partial charge in [0.25, 0.3) is 0 Å². The third-order valence-corrected chi connectivity index (χ3v) is 3.85. The molecule has 0 radical (unpaired) electrons. The maximum Gasteiger partial charge on any atom is 0.317 e. The zero-order valence-corrected chi connectivity index (χ0v) is 12.9. The summed E-state index contributed by atoms with van der Waals surface area (Å²) in [5, 5.41) is 12.7. The number of benzene rings is 1. The summed E-state index contributed by atoms with van der Waals surface area (Å²) in [5.41, 5.74) is 2.05. The number of nitrogens with one attached hydrogen (secondary N) is 1. The molecule has 1 unspecified atom stereocenters. The highest BCUT2D eigenvalue weighted by Crippen LogP contribution is 2.32. The fourth-order valence-electron chi connectivity index (χ4n) is 2.30. The minimum absolute atomic E-state index is 0.183. The van der Waals surface area contributed by atoms with Crippen molar-refractivity contribution in [3.63, 3.8) is 0 Å². The van der Waals surface area contributed by atoms with Gasteiger partial charge in [0.15, 0.2) is 0 Å². The minimum Gasteiger partial charge on any atom is -0.496 e. The van der Waals surface area contributed by atoms with Crippen LogP contribution in [0, 0.1) is 12.8 Å². The number of aryl methyl sites for hydroxylation is 1. The van der Waals surface area contributed by atoms with E-state index >= 15 is 0 Å². The topological polar surface area (TPSA) is 61.8 Å². The Labute approximate surface area is 125 Å². The quantitative estimate of drug-likeness (QED) is 0.842. The molecular formula is C16H24N2O3. The van der Waals surface area contributed by atoms with Crippen LogP contribution in [0.4, 0.5) is 4.79 Å². The molecule has 2 amide bonds. The second kappa shape index (κ2) is 6.80. The molecule has 116 valence electrons. The molecule has 0 spiro atoms. The smallest absolute Gasteiger partial charge is 0.317 e. The number of carbonyl (C=O) groups excluding carboxylic acids is 1. The molecule has 1 fully saturated rings. The Morgan fingerprint density at radius 1 is 1.52 bits per heavy atom. The van der Waals surface area contributed by atoms with Crippen molar-refractivity contribution >= 4 is 6.03 Å². The lowest BCUT2D eigenvalue weighted by atomic mass is 10.1. The Bertz CT molecular complexity index is 500. The van der Waals surface area contributed by atoms with Gasteiger partial charge >= 0.3 is 6.03 Å². The second-order valence-corrected chi connectivity index (χ2v) is 5.76. The Morgan fingerprint density at radius 2 is 2.24 bits per heavy atom. The largest absolute Gasteiger partial charge is 0.496 e. The zero-order valence-electron chi connectivity index (χ0n) is 12.9. The van der Waals surface area contributed by atoms with Crippen molar-refractivity contribution in [3.05, 3.63) is 29.3 Å². The number of nitrogens with zero attached hydrogens (tertiary/aromatic N) is 1. The first-order valence-electron chi connectivity index (χ1n) is 7.31. The Morgan fingerprint density at radius 3 is 2.86 bits per heavy atom. The zero-order chi connectivity index (χ0) is 15.4. The first kappa shape index (κ1) is 15.6. The fraction of sp³-hybridized carbons (Fsp3) is 0.562. The van der Waals surface area contributed by atoms with Gasteiger partial charge in [0.2, 0.25) is 0 Å². The highest BCUT2D eigenvalue weighted by Gasteiger charge is 2.31.